The van der Waals surface area contributed by atoms with E-state index in [1.54, 1.807) is 0 Å². The minimum atomic E-state index is 0.106. The monoisotopic (exact) mass is 658 g/mol. The van der Waals surface area contributed by atoms with Crippen LogP contribution in [0.1, 0.15) is 51.7 Å². The largest absolute Gasteiger partial charge is 0.454 e. The molecule has 0 unspecified atom stereocenters. The molecule has 0 fully saturated rings. The summed E-state index contributed by atoms with van der Waals surface area (Å²) in [6.07, 6.45) is 2.37. The number of para-hydroxylation sites is 3. The van der Waals surface area contributed by atoms with Crippen molar-refractivity contribution in [2.75, 3.05) is 0 Å². The van der Waals surface area contributed by atoms with Crippen molar-refractivity contribution in [3.8, 4) is 11.4 Å². The summed E-state index contributed by atoms with van der Waals surface area (Å²) >= 11 is 0. The Morgan fingerprint density at radius 2 is 1.10 bits per heavy atom. The van der Waals surface area contributed by atoms with Crippen molar-refractivity contribution in [1.29, 1.82) is 0 Å². The van der Waals surface area contributed by atoms with Crippen LogP contribution >= 0.6 is 0 Å². The third-order valence-electron chi connectivity index (χ3n) is 12.2. The summed E-state index contributed by atoms with van der Waals surface area (Å²) in [4.78, 5) is 0. The molecule has 11 rings (SSSR count). The summed E-state index contributed by atoms with van der Waals surface area (Å²) in [5.74, 6) is 0. The molecule has 0 atom stereocenters. The molecule has 1 aliphatic carbocycles. The third-order valence-corrected chi connectivity index (χ3v) is 12.2. The normalized spacial score (nSPS) is 15.6. The van der Waals surface area contributed by atoms with Gasteiger partial charge in [0, 0.05) is 38.0 Å². The number of nitrogens with zero attached hydrogens (tertiary/aromatic N) is 2. The van der Waals surface area contributed by atoms with Crippen molar-refractivity contribution < 1.29 is 4.42 Å². The van der Waals surface area contributed by atoms with Gasteiger partial charge in [0.2, 0.25) is 0 Å². The molecule has 3 heteroatoms. The molecule has 0 amide bonds. The summed E-state index contributed by atoms with van der Waals surface area (Å²) in [6.45, 7) is 9.71. The van der Waals surface area contributed by atoms with Crippen LogP contribution in [0.25, 0.3) is 87.7 Å². The Bertz CT molecular complexity index is 3080. The van der Waals surface area contributed by atoms with E-state index < -0.39 is 0 Å². The minimum Gasteiger partial charge on any atom is -0.454 e. The fourth-order valence-electron chi connectivity index (χ4n) is 9.38. The lowest BCUT2D eigenvalue weighted by molar-refractivity contribution is 0.332. The summed E-state index contributed by atoms with van der Waals surface area (Å²) in [5.41, 5.74) is 12.1. The molecule has 0 saturated heterocycles. The van der Waals surface area contributed by atoms with E-state index in [1.807, 2.05) is 0 Å². The summed E-state index contributed by atoms with van der Waals surface area (Å²) in [5, 5.41) is 9.87. The third kappa shape index (κ3) is 3.89. The van der Waals surface area contributed by atoms with Crippen LogP contribution in [0.5, 0.6) is 0 Å². The molecule has 1 aliphatic rings. The molecule has 0 aliphatic heterocycles. The molecule has 0 spiro atoms. The molecule has 246 valence electrons. The smallest absolute Gasteiger partial charge is 0.159 e. The van der Waals surface area contributed by atoms with Gasteiger partial charge in [0.1, 0.15) is 5.58 Å². The quantitative estimate of drug-likeness (QED) is 0.181. The van der Waals surface area contributed by atoms with Crippen LogP contribution in [-0.4, -0.2) is 9.13 Å². The number of aromatic nitrogens is 2. The van der Waals surface area contributed by atoms with Crippen LogP contribution in [0.3, 0.4) is 0 Å². The summed E-state index contributed by atoms with van der Waals surface area (Å²) in [6, 6.07) is 49.3. The molecule has 0 saturated carbocycles. The molecule has 3 nitrogen and oxygen atoms in total. The molecular formula is C48H38N2O. The van der Waals surface area contributed by atoms with E-state index in [4.69, 9.17) is 4.42 Å². The topological polar surface area (TPSA) is 23.0 Å². The van der Waals surface area contributed by atoms with E-state index in [0.717, 1.165) is 27.6 Å². The van der Waals surface area contributed by atoms with Crippen LogP contribution in [-0.2, 0) is 10.8 Å². The van der Waals surface area contributed by atoms with Crippen LogP contribution in [0.2, 0.25) is 0 Å². The molecule has 0 radical (unpaired) electrons. The fourth-order valence-corrected chi connectivity index (χ4v) is 9.38. The van der Waals surface area contributed by atoms with Crippen molar-refractivity contribution in [2.45, 2.75) is 51.4 Å². The van der Waals surface area contributed by atoms with Gasteiger partial charge in [-0.3, -0.25) is 0 Å². The van der Waals surface area contributed by atoms with E-state index in [-0.39, 0.29) is 10.8 Å². The van der Waals surface area contributed by atoms with E-state index in [9.17, 15) is 0 Å². The predicted molar refractivity (Wildman–Crippen MR) is 215 cm³/mol. The number of furan rings is 1. The Kier molecular flexibility index (Phi) is 5.64. The van der Waals surface area contributed by atoms with E-state index in [2.05, 4.69) is 170 Å². The maximum Gasteiger partial charge on any atom is 0.159 e. The lowest BCUT2D eigenvalue weighted by Crippen LogP contribution is -2.33. The minimum absolute atomic E-state index is 0.106. The number of hydrogen-bond donors (Lipinski definition) is 0. The number of rotatable bonds is 2. The predicted octanol–water partition coefficient (Wildman–Crippen LogP) is 13.3. The molecule has 0 bridgehead atoms. The van der Waals surface area contributed by atoms with Crippen molar-refractivity contribution in [3.05, 3.63) is 145 Å². The number of fused-ring (bicyclic) bond motifs is 12. The number of hydrogen-bond acceptors (Lipinski definition) is 1. The van der Waals surface area contributed by atoms with Gasteiger partial charge in [0.05, 0.1) is 27.8 Å². The Labute approximate surface area is 296 Å². The first-order chi connectivity index (χ1) is 24.8. The zero-order valence-electron chi connectivity index (χ0n) is 29.4. The molecule has 3 heterocycles. The highest BCUT2D eigenvalue weighted by Gasteiger charge is 2.38. The SMILES string of the molecule is CC1(C)CCC(C)(C)c2cc3c(cc21)c1cc2c(cc1n3-c1ccccc1)c1c3ccccc3ccc1n2-c1cccc2c1oc1ccccc12. The Hall–Kier alpha value is -5.80. The van der Waals surface area contributed by atoms with Crippen molar-refractivity contribution >= 4 is 76.3 Å². The van der Waals surface area contributed by atoms with Gasteiger partial charge in [0.15, 0.2) is 5.58 Å². The zero-order chi connectivity index (χ0) is 34.2. The van der Waals surface area contributed by atoms with Gasteiger partial charge in [-0.15, -0.1) is 0 Å². The van der Waals surface area contributed by atoms with Crippen molar-refractivity contribution in [3.63, 3.8) is 0 Å². The molecule has 51 heavy (non-hydrogen) atoms. The van der Waals surface area contributed by atoms with E-state index in [1.165, 1.54) is 84.0 Å². The van der Waals surface area contributed by atoms with Crippen molar-refractivity contribution in [2.24, 2.45) is 0 Å². The Morgan fingerprint density at radius 3 is 1.92 bits per heavy atom. The molecule has 10 aromatic rings. The molecular weight excluding hydrogens is 621 g/mol. The van der Waals surface area contributed by atoms with Gasteiger partial charge >= 0.3 is 0 Å². The first-order valence-electron chi connectivity index (χ1n) is 18.2. The fraction of sp³-hybridized carbons (Fsp3) is 0.167. The van der Waals surface area contributed by atoms with Gasteiger partial charge in [-0.1, -0.05) is 107 Å². The van der Waals surface area contributed by atoms with Crippen molar-refractivity contribution in [1.82, 2.24) is 9.13 Å². The first-order valence-corrected chi connectivity index (χ1v) is 18.2. The lowest BCUT2D eigenvalue weighted by Gasteiger charge is -2.42. The van der Waals surface area contributed by atoms with Crippen LogP contribution < -0.4 is 0 Å². The number of benzene rings is 7. The van der Waals surface area contributed by atoms with Gasteiger partial charge in [-0.2, -0.15) is 0 Å². The second-order valence-corrected chi connectivity index (χ2v) is 16.0. The molecule has 3 aromatic heterocycles. The van der Waals surface area contributed by atoms with Gasteiger partial charge in [0.25, 0.3) is 0 Å². The van der Waals surface area contributed by atoms with Gasteiger partial charge < -0.3 is 13.6 Å². The average molecular weight is 659 g/mol. The Balaban J connectivity index is 1.36. The van der Waals surface area contributed by atoms with Gasteiger partial charge in [-0.05, 0) is 100 Å². The average Bonchev–Trinajstić information content (AvgIpc) is 3.80. The molecule has 7 aromatic carbocycles. The summed E-state index contributed by atoms with van der Waals surface area (Å²) < 4.78 is 11.7. The maximum absolute atomic E-state index is 6.69. The van der Waals surface area contributed by atoms with E-state index >= 15 is 0 Å². The van der Waals surface area contributed by atoms with Crippen LogP contribution in [0, 0.1) is 0 Å². The highest BCUT2D eigenvalue weighted by Crippen LogP contribution is 2.50. The van der Waals surface area contributed by atoms with Crippen LogP contribution in [0.15, 0.2) is 138 Å². The van der Waals surface area contributed by atoms with E-state index in [0.29, 0.717) is 0 Å². The second kappa shape index (κ2) is 9.92. The Morgan fingerprint density at radius 1 is 0.471 bits per heavy atom. The zero-order valence-corrected chi connectivity index (χ0v) is 29.4. The highest BCUT2D eigenvalue weighted by molar-refractivity contribution is 6.25. The lowest BCUT2D eigenvalue weighted by atomic mass is 9.63. The standard InChI is InChI=1S/C48H38N2O/c1-47(2)23-24-48(3,4)38-28-43-34(25-37(38)47)35-26-42-36(27-41(35)49(43)30-14-6-5-7-15-30)45-31-16-9-8-13-29(31)21-22-39(45)50(42)40-19-12-18-33-32-17-10-11-20-44(32)51-46(33)40/h5-22,25-28H,23-24H2,1-4H3. The summed E-state index contributed by atoms with van der Waals surface area (Å²) in [7, 11) is 0. The molecule has 0 N–H and O–H groups in total. The first kappa shape index (κ1) is 29.0. The van der Waals surface area contributed by atoms with Gasteiger partial charge in [-0.25, -0.2) is 0 Å². The highest BCUT2D eigenvalue weighted by atomic mass is 16.3. The van der Waals surface area contributed by atoms with Crippen LogP contribution in [0.4, 0.5) is 0 Å². The maximum atomic E-state index is 6.69. The second-order valence-electron chi connectivity index (χ2n) is 16.0.